The van der Waals surface area contributed by atoms with E-state index in [4.69, 9.17) is 0 Å². The highest BCUT2D eigenvalue weighted by Crippen LogP contribution is 1.79. The zero-order chi connectivity index (χ0) is 4.24. The third-order valence-electron chi connectivity index (χ3n) is 0.667. The van der Waals surface area contributed by atoms with E-state index in [1.165, 1.54) is 0 Å². The van der Waals surface area contributed by atoms with Gasteiger partial charge in [0.25, 0.3) is 0 Å². The van der Waals surface area contributed by atoms with Crippen molar-refractivity contribution < 1.29 is 4.70 Å². The fraction of sp³-hybridized carbons (Fsp3) is 0. The van der Waals surface area contributed by atoms with Crippen LogP contribution in [-0.2, 0) is 0 Å². The lowest BCUT2D eigenvalue weighted by Crippen LogP contribution is -1.47. The number of benzene rings is 1. The van der Waals surface area contributed by atoms with E-state index in [1.54, 1.807) is 0 Å². The van der Waals surface area contributed by atoms with Crippen molar-refractivity contribution in [2.75, 3.05) is 0 Å². The quantitative estimate of drug-likeness (QED) is 0.596. The largest absolute Gasteiger partial charge is 0.269 e. The van der Waals surface area contributed by atoms with Gasteiger partial charge in [-0.15, -0.1) is 24.0 Å². The average molecular weight is 226 g/mol. The number of hydrogen-bond donors (Lipinski definition) is 0. The molecule has 0 fully saturated rings. The second kappa shape index (κ2) is 6.88. The molecule has 0 atom stereocenters. The monoisotopic (exact) mass is 226 g/mol. The van der Waals surface area contributed by atoms with Crippen molar-refractivity contribution in [3.8, 4) is 0 Å². The second-order valence-electron chi connectivity index (χ2n) is 1.15. The van der Waals surface area contributed by atoms with Crippen LogP contribution >= 0.6 is 24.0 Å². The summed E-state index contributed by atoms with van der Waals surface area (Å²) in [6.45, 7) is 0. The maximum atomic E-state index is 2.00. The van der Waals surface area contributed by atoms with E-state index in [2.05, 4.69) is 0 Å². The molecule has 8 heavy (non-hydrogen) atoms. The van der Waals surface area contributed by atoms with Crippen LogP contribution in [0.2, 0.25) is 0 Å². The minimum absolute atomic E-state index is 0. The van der Waals surface area contributed by atoms with Crippen molar-refractivity contribution in [1.29, 1.82) is 0 Å². The predicted molar refractivity (Wildman–Crippen MR) is 44.4 cm³/mol. The van der Waals surface area contributed by atoms with Crippen LogP contribution in [0.25, 0.3) is 0 Å². The highest BCUT2D eigenvalue weighted by Gasteiger charge is 1.57. The van der Waals surface area contributed by atoms with Crippen LogP contribution in [-0.4, -0.2) is 0 Å². The summed E-state index contributed by atoms with van der Waals surface area (Å²) in [6.07, 6.45) is 0. The summed E-state index contributed by atoms with van der Waals surface area (Å²) < 4.78 is 0. The standard InChI is InChI=1S/C6H6.FH.HI/c1-2-4-6-5-3-1;;/h1-6H;2*1H. The molecule has 0 bridgehead atoms. The molecule has 0 aliphatic carbocycles. The molecule has 0 radical (unpaired) electrons. The van der Waals surface area contributed by atoms with Gasteiger partial charge in [-0.2, -0.15) is 0 Å². The molecule has 0 unspecified atom stereocenters. The molecule has 0 saturated carbocycles. The molecule has 2 heteroatoms. The first-order valence-electron chi connectivity index (χ1n) is 2.00. The molecule has 1 rings (SSSR count). The van der Waals surface area contributed by atoms with Gasteiger partial charge in [-0.3, -0.25) is 4.70 Å². The summed E-state index contributed by atoms with van der Waals surface area (Å²) in [5.41, 5.74) is 0. The second-order valence-corrected chi connectivity index (χ2v) is 1.15. The van der Waals surface area contributed by atoms with Crippen molar-refractivity contribution in [2.45, 2.75) is 0 Å². The molecule has 0 aliphatic rings. The SMILES string of the molecule is F.I.c1ccccc1. The van der Waals surface area contributed by atoms with Crippen LogP contribution in [0.5, 0.6) is 0 Å². The van der Waals surface area contributed by atoms with Crippen LogP contribution in [0.1, 0.15) is 0 Å². The van der Waals surface area contributed by atoms with Crippen LogP contribution in [0.15, 0.2) is 36.4 Å². The molecule has 0 nitrogen and oxygen atoms in total. The predicted octanol–water partition coefficient (Wildman–Crippen LogP) is 2.46. The lowest BCUT2D eigenvalue weighted by molar-refractivity contribution is 1.11. The first kappa shape index (κ1) is 10.8. The topological polar surface area (TPSA) is 0 Å². The number of hydrogen-bond acceptors (Lipinski definition) is 0. The normalized spacial score (nSPS) is 6.00. The summed E-state index contributed by atoms with van der Waals surface area (Å²) in [4.78, 5) is 0. The molecular weight excluding hydrogens is 218 g/mol. The molecule has 0 amide bonds. The molecule has 0 aromatic heterocycles. The van der Waals surface area contributed by atoms with Gasteiger partial charge in [0.05, 0.1) is 0 Å². The Hall–Kier alpha value is -0.120. The fourth-order valence-corrected chi connectivity index (χ4v) is 0.385. The Morgan fingerprint density at radius 3 is 0.750 bits per heavy atom. The van der Waals surface area contributed by atoms with E-state index in [9.17, 15) is 0 Å². The zero-order valence-electron chi connectivity index (χ0n) is 4.28. The third kappa shape index (κ3) is 4.05. The maximum Gasteiger partial charge on any atom is -0.0623 e. The summed E-state index contributed by atoms with van der Waals surface area (Å²) in [6, 6.07) is 12.0. The van der Waals surface area contributed by atoms with Crippen LogP contribution in [0.3, 0.4) is 0 Å². The molecule has 0 aliphatic heterocycles. The Balaban J connectivity index is 0. The first-order chi connectivity index (χ1) is 3.00. The Morgan fingerprint density at radius 1 is 0.500 bits per heavy atom. The smallest absolute Gasteiger partial charge is 0.0623 e. The van der Waals surface area contributed by atoms with Gasteiger partial charge in [0.2, 0.25) is 0 Å². The fourth-order valence-electron chi connectivity index (χ4n) is 0.385. The van der Waals surface area contributed by atoms with Gasteiger partial charge in [0.15, 0.2) is 0 Å². The first-order valence-corrected chi connectivity index (χ1v) is 2.00. The van der Waals surface area contributed by atoms with E-state index in [1.807, 2.05) is 36.4 Å². The van der Waals surface area contributed by atoms with Crippen molar-refractivity contribution >= 4 is 24.0 Å². The van der Waals surface area contributed by atoms with Gasteiger partial charge < -0.3 is 0 Å². The van der Waals surface area contributed by atoms with Crippen molar-refractivity contribution in [2.24, 2.45) is 0 Å². The van der Waals surface area contributed by atoms with Gasteiger partial charge in [0.1, 0.15) is 0 Å². The molecule has 46 valence electrons. The zero-order valence-corrected chi connectivity index (χ0v) is 6.61. The van der Waals surface area contributed by atoms with Gasteiger partial charge in [-0.25, -0.2) is 0 Å². The Kier molecular flexibility index (Phi) is 9.28. The molecule has 0 saturated heterocycles. The van der Waals surface area contributed by atoms with Crippen molar-refractivity contribution in [3.05, 3.63) is 36.4 Å². The number of halogens is 2. The van der Waals surface area contributed by atoms with Gasteiger partial charge in [-0.05, 0) is 0 Å². The lowest BCUT2D eigenvalue weighted by atomic mass is 10.4. The average Bonchev–Trinajstić information content (AvgIpc) is 1.72. The summed E-state index contributed by atoms with van der Waals surface area (Å²) in [5.74, 6) is 0. The molecule has 0 heterocycles. The highest BCUT2D eigenvalue weighted by molar-refractivity contribution is 14.0. The van der Waals surface area contributed by atoms with E-state index >= 15 is 0 Å². The highest BCUT2D eigenvalue weighted by atomic mass is 127. The maximum absolute atomic E-state index is 2.00. The Bertz CT molecular complexity index is 80.5. The van der Waals surface area contributed by atoms with E-state index < -0.39 is 0 Å². The van der Waals surface area contributed by atoms with Gasteiger partial charge in [0, 0.05) is 0 Å². The molecule has 1 aromatic carbocycles. The van der Waals surface area contributed by atoms with Gasteiger partial charge >= 0.3 is 0 Å². The molecule has 0 spiro atoms. The van der Waals surface area contributed by atoms with Crippen molar-refractivity contribution in [1.82, 2.24) is 0 Å². The van der Waals surface area contributed by atoms with E-state index in [0.29, 0.717) is 0 Å². The minimum atomic E-state index is 0. The van der Waals surface area contributed by atoms with Crippen molar-refractivity contribution in [3.63, 3.8) is 0 Å². The molecule has 1 aromatic rings. The minimum Gasteiger partial charge on any atom is -0.269 e. The molecular formula is C6H8FI. The molecule has 0 N–H and O–H groups in total. The third-order valence-corrected chi connectivity index (χ3v) is 0.667. The van der Waals surface area contributed by atoms with Crippen LogP contribution in [0, 0.1) is 0 Å². The summed E-state index contributed by atoms with van der Waals surface area (Å²) in [7, 11) is 0. The van der Waals surface area contributed by atoms with E-state index in [0.717, 1.165) is 0 Å². The summed E-state index contributed by atoms with van der Waals surface area (Å²) >= 11 is 0. The van der Waals surface area contributed by atoms with Crippen LogP contribution in [0.4, 0.5) is 4.70 Å². The number of rotatable bonds is 0. The van der Waals surface area contributed by atoms with Crippen LogP contribution < -0.4 is 0 Å². The lowest BCUT2D eigenvalue weighted by Gasteiger charge is -1.69. The Morgan fingerprint density at radius 2 is 0.625 bits per heavy atom. The Labute approximate surface area is 65.3 Å². The van der Waals surface area contributed by atoms with Gasteiger partial charge in [-0.1, -0.05) is 36.4 Å². The van der Waals surface area contributed by atoms with E-state index in [-0.39, 0.29) is 28.7 Å². The summed E-state index contributed by atoms with van der Waals surface area (Å²) in [5, 5.41) is 0.